The maximum Gasteiger partial charge on any atom is 0.266 e. The van der Waals surface area contributed by atoms with Gasteiger partial charge in [-0.15, -0.1) is 11.3 Å². The monoisotopic (exact) mass is 419 g/mol. The van der Waals surface area contributed by atoms with Crippen molar-refractivity contribution in [3.05, 3.63) is 76.2 Å². The summed E-state index contributed by atoms with van der Waals surface area (Å²) in [7, 11) is 1.53. The van der Waals surface area contributed by atoms with Gasteiger partial charge in [0.2, 0.25) is 5.91 Å². The molecule has 7 heteroatoms. The standard InChI is InChI=1S/C23H21N3O3S/c1-15-17(14-24)23(26-20(27)13-12-16-8-4-3-5-9-16)30-21(15)22(28)25-18-10-6-7-11-19(18)29-2/h3-11H,12-13H2,1-2H3,(H,25,28)(H,26,27). The minimum Gasteiger partial charge on any atom is -0.495 e. The lowest BCUT2D eigenvalue weighted by Gasteiger charge is -2.09. The molecule has 0 atom stereocenters. The summed E-state index contributed by atoms with van der Waals surface area (Å²) in [6, 6.07) is 18.9. The van der Waals surface area contributed by atoms with Gasteiger partial charge in [0.05, 0.1) is 23.2 Å². The number of anilines is 2. The summed E-state index contributed by atoms with van der Waals surface area (Å²) in [4.78, 5) is 25.6. The lowest BCUT2D eigenvalue weighted by molar-refractivity contribution is -0.116. The van der Waals surface area contributed by atoms with Crippen molar-refractivity contribution in [2.24, 2.45) is 0 Å². The first-order chi connectivity index (χ1) is 14.5. The normalized spacial score (nSPS) is 10.2. The summed E-state index contributed by atoms with van der Waals surface area (Å²) in [5.41, 5.74) is 2.43. The number of hydrogen-bond donors (Lipinski definition) is 2. The van der Waals surface area contributed by atoms with E-state index in [1.807, 2.05) is 36.4 Å². The number of amides is 2. The van der Waals surface area contributed by atoms with E-state index in [9.17, 15) is 14.9 Å². The Morgan fingerprint density at radius 2 is 1.77 bits per heavy atom. The number of hydrogen-bond acceptors (Lipinski definition) is 5. The Bertz CT molecular complexity index is 1100. The number of rotatable bonds is 7. The molecule has 6 nitrogen and oxygen atoms in total. The third-order valence-electron chi connectivity index (χ3n) is 4.56. The van der Waals surface area contributed by atoms with Gasteiger partial charge in [-0.1, -0.05) is 42.5 Å². The molecule has 0 radical (unpaired) electrons. The van der Waals surface area contributed by atoms with Crippen molar-refractivity contribution >= 4 is 33.8 Å². The molecule has 1 aromatic heterocycles. The molecule has 3 aromatic rings. The minimum absolute atomic E-state index is 0.201. The predicted molar refractivity (Wildman–Crippen MR) is 118 cm³/mol. The summed E-state index contributed by atoms with van der Waals surface area (Å²) in [5, 5.41) is 15.5. The quantitative estimate of drug-likeness (QED) is 0.578. The predicted octanol–water partition coefficient (Wildman–Crippen LogP) is 4.76. The molecule has 3 rings (SSSR count). The van der Waals surface area contributed by atoms with Gasteiger partial charge in [0.1, 0.15) is 16.8 Å². The summed E-state index contributed by atoms with van der Waals surface area (Å²) in [6.45, 7) is 1.70. The highest BCUT2D eigenvalue weighted by Crippen LogP contribution is 2.34. The molecule has 30 heavy (non-hydrogen) atoms. The summed E-state index contributed by atoms with van der Waals surface area (Å²) >= 11 is 1.09. The van der Waals surface area contributed by atoms with E-state index in [1.165, 1.54) is 7.11 Å². The summed E-state index contributed by atoms with van der Waals surface area (Å²) < 4.78 is 5.26. The molecule has 0 unspecified atom stereocenters. The van der Waals surface area contributed by atoms with E-state index >= 15 is 0 Å². The van der Waals surface area contributed by atoms with Gasteiger partial charge in [-0.25, -0.2) is 0 Å². The fourth-order valence-electron chi connectivity index (χ4n) is 2.97. The minimum atomic E-state index is -0.358. The number of para-hydroxylation sites is 2. The highest BCUT2D eigenvalue weighted by atomic mass is 32.1. The van der Waals surface area contributed by atoms with Crippen molar-refractivity contribution in [1.29, 1.82) is 5.26 Å². The highest BCUT2D eigenvalue weighted by molar-refractivity contribution is 7.18. The largest absolute Gasteiger partial charge is 0.495 e. The zero-order valence-electron chi connectivity index (χ0n) is 16.7. The van der Waals surface area contributed by atoms with E-state index in [4.69, 9.17) is 4.74 Å². The topological polar surface area (TPSA) is 91.2 Å². The van der Waals surface area contributed by atoms with E-state index in [2.05, 4.69) is 16.7 Å². The molecule has 0 aliphatic rings. The Kier molecular flexibility index (Phi) is 6.83. The van der Waals surface area contributed by atoms with Crippen molar-refractivity contribution in [1.82, 2.24) is 0 Å². The molecule has 152 valence electrons. The first-order valence-corrected chi connectivity index (χ1v) is 10.2. The molecular formula is C23H21N3O3S. The molecule has 1 heterocycles. The van der Waals surface area contributed by atoms with Crippen molar-refractivity contribution in [2.45, 2.75) is 19.8 Å². The van der Waals surface area contributed by atoms with Gasteiger partial charge in [0, 0.05) is 6.42 Å². The average molecular weight is 420 g/mol. The molecule has 0 saturated heterocycles. The van der Waals surface area contributed by atoms with E-state index in [1.54, 1.807) is 25.1 Å². The molecule has 0 saturated carbocycles. The van der Waals surface area contributed by atoms with Crippen LogP contribution in [0.5, 0.6) is 5.75 Å². The number of methoxy groups -OCH3 is 1. The SMILES string of the molecule is COc1ccccc1NC(=O)c1sc(NC(=O)CCc2ccccc2)c(C#N)c1C. The molecule has 0 fully saturated rings. The lowest BCUT2D eigenvalue weighted by atomic mass is 10.1. The Balaban J connectivity index is 1.74. The van der Waals surface area contributed by atoms with Gasteiger partial charge in [-0.3, -0.25) is 9.59 Å². The van der Waals surface area contributed by atoms with Crippen LogP contribution < -0.4 is 15.4 Å². The molecule has 0 aliphatic heterocycles. The molecule has 0 bridgehead atoms. The first-order valence-electron chi connectivity index (χ1n) is 9.35. The average Bonchev–Trinajstić information content (AvgIpc) is 3.08. The number of nitrogens with zero attached hydrogens (tertiary/aromatic N) is 1. The van der Waals surface area contributed by atoms with Gasteiger partial charge >= 0.3 is 0 Å². The van der Waals surface area contributed by atoms with Crippen LogP contribution in [-0.4, -0.2) is 18.9 Å². The Labute approximate surface area is 179 Å². The third kappa shape index (κ3) is 4.85. The molecule has 0 aliphatic carbocycles. The number of nitrogens with one attached hydrogen (secondary N) is 2. The highest BCUT2D eigenvalue weighted by Gasteiger charge is 2.22. The first kappa shape index (κ1) is 21.1. The second-order valence-corrected chi connectivity index (χ2v) is 7.58. The van der Waals surface area contributed by atoms with Crippen molar-refractivity contribution < 1.29 is 14.3 Å². The Morgan fingerprint density at radius 3 is 2.47 bits per heavy atom. The van der Waals surface area contributed by atoms with Crippen molar-refractivity contribution in [3.63, 3.8) is 0 Å². The number of benzene rings is 2. The van der Waals surface area contributed by atoms with E-state index in [0.717, 1.165) is 16.9 Å². The fourth-order valence-corrected chi connectivity index (χ4v) is 4.04. The third-order valence-corrected chi connectivity index (χ3v) is 5.76. The van der Waals surface area contributed by atoms with E-state index in [-0.39, 0.29) is 18.2 Å². The zero-order chi connectivity index (χ0) is 21.5. The van der Waals surface area contributed by atoms with Gasteiger partial charge < -0.3 is 15.4 Å². The van der Waals surface area contributed by atoms with Crippen LogP contribution >= 0.6 is 11.3 Å². The maximum absolute atomic E-state index is 12.8. The molecule has 0 spiro atoms. The number of carbonyl (C=O) groups excluding carboxylic acids is 2. The van der Waals surface area contributed by atoms with Crippen LogP contribution in [0.3, 0.4) is 0 Å². The van der Waals surface area contributed by atoms with Crippen LogP contribution in [0.15, 0.2) is 54.6 Å². The number of thiophene rings is 1. The van der Waals surface area contributed by atoms with Crippen LogP contribution in [0.1, 0.15) is 32.8 Å². The smallest absolute Gasteiger partial charge is 0.266 e. The van der Waals surface area contributed by atoms with Crippen LogP contribution in [0.2, 0.25) is 0 Å². The number of ether oxygens (including phenoxy) is 1. The van der Waals surface area contributed by atoms with Crippen LogP contribution in [0, 0.1) is 18.3 Å². The summed E-state index contributed by atoms with van der Waals surface area (Å²) in [5.74, 6) is -0.0217. The molecular weight excluding hydrogens is 398 g/mol. The van der Waals surface area contributed by atoms with Crippen LogP contribution in [0.25, 0.3) is 0 Å². The van der Waals surface area contributed by atoms with E-state index in [0.29, 0.717) is 38.9 Å². The van der Waals surface area contributed by atoms with Crippen molar-refractivity contribution in [2.75, 3.05) is 17.7 Å². The fraction of sp³-hybridized carbons (Fsp3) is 0.174. The summed E-state index contributed by atoms with van der Waals surface area (Å²) in [6.07, 6.45) is 0.884. The maximum atomic E-state index is 12.8. The van der Waals surface area contributed by atoms with Gasteiger partial charge in [-0.2, -0.15) is 5.26 Å². The number of nitriles is 1. The van der Waals surface area contributed by atoms with Crippen LogP contribution in [-0.2, 0) is 11.2 Å². The zero-order valence-corrected chi connectivity index (χ0v) is 17.5. The van der Waals surface area contributed by atoms with Gasteiger partial charge in [0.25, 0.3) is 5.91 Å². The van der Waals surface area contributed by atoms with Crippen LogP contribution in [0.4, 0.5) is 10.7 Å². The number of carbonyl (C=O) groups is 2. The van der Waals surface area contributed by atoms with E-state index < -0.39 is 0 Å². The molecule has 2 N–H and O–H groups in total. The Morgan fingerprint density at radius 1 is 1.07 bits per heavy atom. The van der Waals surface area contributed by atoms with Crippen molar-refractivity contribution in [3.8, 4) is 11.8 Å². The molecule has 2 amide bonds. The van der Waals surface area contributed by atoms with Gasteiger partial charge in [0.15, 0.2) is 0 Å². The second kappa shape index (κ2) is 9.72. The number of aryl methyl sites for hydroxylation is 1. The van der Waals surface area contributed by atoms with Gasteiger partial charge in [-0.05, 0) is 36.6 Å². The Hall–Kier alpha value is -3.63. The second-order valence-electron chi connectivity index (χ2n) is 6.56. The molecule has 2 aromatic carbocycles. The lowest BCUT2D eigenvalue weighted by Crippen LogP contribution is -2.12.